The Morgan fingerprint density at radius 3 is 3.15 bits per heavy atom. The molecule has 1 aliphatic carbocycles. The van der Waals surface area contributed by atoms with Gasteiger partial charge in [0.1, 0.15) is 0 Å². The van der Waals surface area contributed by atoms with Gasteiger partial charge in [0.15, 0.2) is 0 Å². The minimum atomic E-state index is -0.103. The van der Waals surface area contributed by atoms with Crippen LogP contribution in [0.3, 0.4) is 0 Å². The summed E-state index contributed by atoms with van der Waals surface area (Å²) in [6.45, 7) is 0. The summed E-state index contributed by atoms with van der Waals surface area (Å²) in [4.78, 5) is 24.4. The van der Waals surface area contributed by atoms with Crippen LogP contribution in [-0.4, -0.2) is 21.7 Å². The number of carbonyl (C=O) groups excluding carboxylic acids is 1. The van der Waals surface area contributed by atoms with Crippen LogP contribution in [0.25, 0.3) is 0 Å². The molecule has 2 heterocycles. The maximum atomic E-state index is 12.0. The van der Waals surface area contributed by atoms with Gasteiger partial charge in [-0.05, 0) is 36.3 Å². The molecule has 0 radical (unpaired) electrons. The molecule has 0 fully saturated rings. The minimum Gasteiger partial charge on any atom is -0.348 e. The molecule has 0 unspecified atom stereocenters. The molecule has 1 atom stereocenters. The number of fused-ring (bicyclic) bond motifs is 1. The van der Waals surface area contributed by atoms with E-state index < -0.39 is 0 Å². The SMILES string of the molecule is Cn1nc2c(cc1=O)C[C@@H](NC(=O)c1cccs1)CC2. The van der Waals surface area contributed by atoms with Gasteiger partial charge < -0.3 is 5.32 Å². The van der Waals surface area contributed by atoms with Crippen molar-refractivity contribution in [3.05, 3.63) is 50.1 Å². The van der Waals surface area contributed by atoms with Crippen molar-refractivity contribution in [3.8, 4) is 0 Å². The number of nitrogens with one attached hydrogen (secondary N) is 1. The zero-order valence-electron chi connectivity index (χ0n) is 11.1. The van der Waals surface area contributed by atoms with Gasteiger partial charge in [-0.15, -0.1) is 11.3 Å². The summed E-state index contributed by atoms with van der Waals surface area (Å²) >= 11 is 1.43. The number of aromatic nitrogens is 2. The normalized spacial score (nSPS) is 17.6. The van der Waals surface area contributed by atoms with Gasteiger partial charge in [0, 0.05) is 19.2 Å². The largest absolute Gasteiger partial charge is 0.348 e. The molecule has 104 valence electrons. The van der Waals surface area contributed by atoms with Crippen molar-refractivity contribution < 1.29 is 4.79 Å². The van der Waals surface area contributed by atoms with Gasteiger partial charge in [0.25, 0.3) is 11.5 Å². The summed E-state index contributed by atoms with van der Waals surface area (Å²) in [7, 11) is 1.66. The van der Waals surface area contributed by atoms with Crippen LogP contribution in [0.5, 0.6) is 0 Å². The molecule has 1 amide bonds. The van der Waals surface area contributed by atoms with Crippen LogP contribution in [0.2, 0.25) is 0 Å². The predicted molar refractivity (Wildman–Crippen MR) is 77.1 cm³/mol. The molecule has 0 saturated heterocycles. The lowest BCUT2D eigenvalue weighted by Gasteiger charge is -2.24. The molecule has 2 aromatic heterocycles. The molecule has 1 aliphatic rings. The second-order valence-corrected chi connectivity index (χ2v) is 5.92. The maximum Gasteiger partial charge on any atom is 0.266 e. The van der Waals surface area contributed by atoms with Crippen LogP contribution in [0.15, 0.2) is 28.4 Å². The first-order valence-corrected chi connectivity index (χ1v) is 7.42. The lowest BCUT2D eigenvalue weighted by molar-refractivity contribution is 0.0937. The zero-order valence-corrected chi connectivity index (χ0v) is 11.9. The molecular formula is C14H15N3O2S. The van der Waals surface area contributed by atoms with Gasteiger partial charge in [-0.3, -0.25) is 9.59 Å². The molecule has 20 heavy (non-hydrogen) atoms. The highest BCUT2D eigenvalue weighted by atomic mass is 32.1. The summed E-state index contributed by atoms with van der Waals surface area (Å²) < 4.78 is 1.36. The quantitative estimate of drug-likeness (QED) is 0.901. The Labute approximate surface area is 120 Å². The lowest BCUT2D eigenvalue weighted by Crippen LogP contribution is -2.39. The van der Waals surface area contributed by atoms with Crippen molar-refractivity contribution in [2.24, 2.45) is 7.05 Å². The Bertz CT molecular complexity index is 691. The Balaban J connectivity index is 1.74. The molecule has 0 aliphatic heterocycles. The Hall–Kier alpha value is -1.95. The summed E-state index contributed by atoms with van der Waals surface area (Å²) in [6.07, 6.45) is 2.32. The van der Waals surface area contributed by atoms with Crippen molar-refractivity contribution in [1.29, 1.82) is 0 Å². The average molecular weight is 289 g/mol. The molecule has 3 rings (SSSR count). The first-order valence-electron chi connectivity index (χ1n) is 6.54. The standard InChI is InChI=1S/C14H15N3O2S/c1-17-13(18)8-9-7-10(4-5-11(9)16-17)15-14(19)12-3-2-6-20-12/h2-3,6,8,10H,4-5,7H2,1H3,(H,15,19)/t10-/m0/s1. The van der Waals surface area contributed by atoms with E-state index in [1.54, 1.807) is 13.1 Å². The number of aryl methyl sites for hydroxylation is 2. The first kappa shape index (κ1) is 13.1. The van der Waals surface area contributed by atoms with E-state index in [2.05, 4.69) is 10.4 Å². The fraction of sp³-hybridized carbons (Fsp3) is 0.357. The lowest BCUT2D eigenvalue weighted by atomic mass is 9.92. The van der Waals surface area contributed by atoms with Crippen LogP contribution in [-0.2, 0) is 19.9 Å². The van der Waals surface area contributed by atoms with Crippen molar-refractivity contribution >= 4 is 17.2 Å². The van der Waals surface area contributed by atoms with E-state index >= 15 is 0 Å². The molecule has 0 bridgehead atoms. The van der Waals surface area contributed by atoms with Gasteiger partial charge in [-0.2, -0.15) is 5.10 Å². The molecule has 0 spiro atoms. The minimum absolute atomic E-state index is 0.0368. The molecule has 6 heteroatoms. The monoisotopic (exact) mass is 289 g/mol. The van der Waals surface area contributed by atoms with Crippen molar-refractivity contribution in [2.45, 2.75) is 25.3 Å². The fourth-order valence-corrected chi connectivity index (χ4v) is 3.10. The summed E-state index contributed by atoms with van der Waals surface area (Å²) in [5, 5.41) is 9.19. The summed E-state index contributed by atoms with van der Waals surface area (Å²) in [5.74, 6) is -0.0368. The third kappa shape index (κ3) is 2.51. The zero-order chi connectivity index (χ0) is 14.1. The molecule has 5 nitrogen and oxygen atoms in total. The highest BCUT2D eigenvalue weighted by molar-refractivity contribution is 7.12. The maximum absolute atomic E-state index is 12.0. The van der Waals surface area contributed by atoms with Crippen LogP contribution in [0, 0.1) is 0 Å². The van der Waals surface area contributed by atoms with Crippen molar-refractivity contribution in [1.82, 2.24) is 15.1 Å². The summed E-state index contributed by atoms with van der Waals surface area (Å²) in [6, 6.07) is 5.38. The van der Waals surface area contributed by atoms with Crippen molar-refractivity contribution in [3.63, 3.8) is 0 Å². The Morgan fingerprint density at radius 2 is 2.40 bits per heavy atom. The van der Waals surface area contributed by atoms with Crippen LogP contribution < -0.4 is 10.9 Å². The topological polar surface area (TPSA) is 64.0 Å². The third-order valence-electron chi connectivity index (χ3n) is 3.53. The Morgan fingerprint density at radius 1 is 1.55 bits per heavy atom. The highest BCUT2D eigenvalue weighted by Crippen LogP contribution is 2.18. The number of amides is 1. The summed E-state index contributed by atoms with van der Waals surface area (Å²) in [5.41, 5.74) is 1.82. The number of thiophene rings is 1. The van der Waals surface area contributed by atoms with E-state index in [1.807, 2.05) is 17.5 Å². The number of hydrogen-bond donors (Lipinski definition) is 1. The molecule has 0 saturated carbocycles. The Kier molecular flexibility index (Phi) is 3.40. The highest BCUT2D eigenvalue weighted by Gasteiger charge is 2.22. The second kappa shape index (κ2) is 5.20. The third-order valence-corrected chi connectivity index (χ3v) is 4.40. The second-order valence-electron chi connectivity index (χ2n) is 4.97. The fourth-order valence-electron chi connectivity index (χ4n) is 2.47. The van der Waals surface area contributed by atoms with E-state index in [9.17, 15) is 9.59 Å². The number of carbonyl (C=O) groups is 1. The van der Waals surface area contributed by atoms with E-state index in [0.29, 0.717) is 6.42 Å². The smallest absolute Gasteiger partial charge is 0.266 e. The van der Waals surface area contributed by atoms with Crippen LogP contribution in [0.4, 0.5) is 0 Å². The van der Waals surface area contributed by atoms with Gasteiger partial charge in [-0.1, -0.05) is 6.07 Å². The van der Waals surface area contributed by atoms with E-state index in [-0.39, 0.29) is 17.5 Å². The van der Waals surface area contributed by atoms with Gasteiger partial charge in [-0.25, -0.2) is 4.68 Å². The molecule has 2 aromatic rings. The van der Waals surface area contributed by atoms with Crippen LogP contribution >= 0.6 is 11.3 Å². The molecular weight excluding hydrogens is 274 g/mol. The molecule has 0 aromatic carbocycles. The van der Waals surface area contributed by atoms with E-state index in [1.165, 1.54) is 16.0 Å². The predicted octanol–water partition coefficient (Wildman–Crippen LogP) is 1.13. The number of rotatable bonds is 2. The first-order chi connectivity index (χ1) is 9.63. The van der Waals surface area contributed by atoms with Crippen molar-refractivity contribution in [2.75, 3.05) is 0 Å². The average Bonchev–Trinajstić information content (AvgIpc) is 2.94. The van der Waals surface area contributed by atoms with E-state index in [0.717, 1.165) is 29.0 Å². The van der Waals surface area contributed by atoms with Crippen LogP contribution in [0.1, 0.15) is 27.3 Å². The van der Waals surface area contributed by atoms with E-state index in [4.69, 9.17) is 0 Å². The van der Waals surface area contributed by atoms with Gasteiger partial charge in [0.05, 0.1) is 10.6 Å². The molecule has 1 N–H and O–H groups in total. The van der Waals surface area contributed by atoms with Gasteiger partial charge in [0.2, 0.25) is 0 Å². The number of nitrogens with zero attached hydrogens (tertiary/aromatic N) is 2. The van der Waals surface area contributed by atoms with Gasteiger partial charge >= 0.3 is 0 Å². The number of hydrogen-bond acceptors (Lipinski definition) is 4.